The largest absolute Gasteiger partial charge is 0.512 e. The van der Waals surface area contributed by atoms with E-state index in [1.54, 1.807) is 12.1 Å². The lowest BCUT2D eigenvalue weighted by Gasteiger charge is -2.19. The van der Waals surface area contributed by atoms with Crippen LogP contribution in [0.4, 0.5) is 0 Å². The highest BCUT2D eigenvalue weighted by molar-refractivity contribution is 5.96. The van der Waals surface area contributed by atoms with Gasteiger partial charge in [-0.1, -0.05) is 6.07 Å². The Hall–Kier alpha value is -3.39. The first kappa shape index (κ1) is 18.9. The first-order chi connectivity index (χ1) is 13.9. The van der Waals surface area contributed by atoms with Gasteiger partial charge in [-0.15, -0.1) is 0 Å². The maximum absolute atomic E-state index is 12.5. The number of benzene rings is 2. The molecule has 1 fully saturated rings. The second kappa shape index (κ2) is 7.21. The van der Waals surface area contributed by atoms with E-state index in [9.17, 15) is 20.1 Å². The summed E-state index contributed by atoms with van der Waals surface area (Å²) in [6, 6.07) is 9.11. The highest BCUT2D eigenvalue weighted by Gasteiger charge is 2.55. The van der Waals surface area contributed by atoms with Crippen molar-refractivity contribution in [1.29, 1.82) is 0 Å². The van der Waals surface area contributed by atoms with E-state index in [-0.39, 0.29) is 34.5 Å². The van der Waals surface area contributed by atoms with Gasteiger partial charge in [0, 0.05) is 12.1 Å². The van der Waals surface area contributed by atoms with Gasteiger partial charge in [-0.25, -0.2) is 0 Å². The molecule has 0 saturated carbocycles. The number of allylic oxidation sites excluding steroid dienone is 1. The summed E-state index contributed by atoms with van der Waals surface area (Å²) in [5, 5.41) is 29.9. The lowest BCUT2D eigenvalue weighted by molar-refractivity contribution is -0.120. The Kier molecular flexibility index (Phi) is 4.71. The number of rotatable bonds is 5. The van der Waals surface area contributed by atoms with Gasteiger partial charge in [0.15, 0.2) is 28.8 Å². The zero-order valence-electron chi connectivity index (χ0n) is 15.7. The molecular weight excluding hydrogens is 380 g/mol. The molecule has 4 rings (SSSR count). The summed E-state index contributed by atoms with van der Waals surface area (Å²) in [6.45, 7) is 0. The number of phenols is 2. The first-order valence-corrected chi connectivity index (χ1v) is 8.93. The normalized spacial score (nSPS) is 25.4. The average Bonchev–Trinajstić information content (AvgIpc) is 3.22. The van der Waals surface area contributed by atoms with Crippen molar-refractivity contribution in [3.63, 3.8) is 0 Å². The molecule has 2 aromatic rings. The van der Waals surface area contributed by atoms with Gasteiger partial charge in [-0.05, 0) is 29.8 Å². The highest BCUT2D eigenvalue weighted by atomic mass is 16.7. The maximum Gasteiger partial charge on any atom is 0.211 e. The summed E-state index contributed by atoms with van der Waals surface area (Å²) in [7, 11) is 2.84. The predicted octanol–water partition coefficient (Wildman–Crippen LogP) is 2.85. The summed E-state index contributed by atoms with van der Waals surface area (Å²) < 4.78 is 22.1. The number of phenolic OH excluding ortho intramolecular Hbond substituents is 2. The minimum atomic E-state index is -0.943. The van der Waals surface area contributed by atoms with E-state index in [2.05, 4.69) is 0 Å². The molecule has 1 aliphatic heterocycles. The zero-order chi connectivity index (χ0) is 20.7. The summed E-state index contributed by atoms with van der Waals surface area (Å²) >= 11 is 0. The van der Waals surface area contributed by atoms with Crippen molar-refractivity contribution in [2.45, 2.75) is 12.4 Å². The third-order valence-corrected chi connectivity index (χ3v) is 5.18. The summed E-state index contributed by atoms with van der Waals surface area (Å²) in [4.78, 5) is 12.5. The Morgan fingerprint density at radius 1 is 0.897 bits per heavy atom. The van der Waals surface area contributed by atoms with Crippen molar-refractivity contribution in [3.05, 3.63) is 53.8 Å². The van der Waals surface area contributed by atoms with Crippen LogP contribution in [0.25, 0.3) is 0 Å². The molecule has 3 N–H and O–H groups in total. The van der Waals surface area contributed by atoms with Crippen molar-refractivity contribution in [2.24, 2.45) is 11.8 Å². The SMILES string of the molecule is COc1cc(O[C@@H]2O[C@@H](c3ccc(O)c(OC)c3)[C@H]3C(=O)C=C(O)[C@@H]23)ccc1O. The smallest absolute Gasteiger partial charge is 0.211 e. The second-order valence-electron chi connectivity index (χ2n) is 6.83. The van der Waals surface area contributed by atoms with Gasteiger partial charge in [0.2, 0.25) is 6.29 Å². The number of aliphatic hydroxyl groups excluding tert-OH is 1. The quantitative estimate of drug-likeness (QED) is 0.702. The second-order valence-corrected chi connectivity index (χ2v) is 6.83. The average molecular weight is 400 g/mol. The lowest BCUT2D eigenvalue weighted by atomic mass is 9.87. The Bertz CT molecular complexity index is 983. The number of aromatic hydroxyl groups is 2. The van der Waals surface area contributed by atoms with Crippen molar-refractivity contribution >= 4 is 5.78 Å². The van der Waals surface area contributed by atoms with Crippen LogP contribution in [-0.2, 0) is 9.53 Å². The van der Waals surface area contributed by atoms with E-state index in [0.29, 0.717) is 11.3 Å². The van der Waals surface area contributed by atoms with Gasteiger partial charge < -0.3 is 34.3 Å². The first-order valence-electron chi connectivity index (χ1n) is 8.93. The molecule has 2 aromatic carbocycles. The molecular formula is C21H20O8. The number of carbonyl (C=O) groups is 1. The number of ether oxygens (including phenoxy) is 4. The molecule has 1 aliphatic carbocycles. The van der Waals surface area contributed by atoms with Crippen molar-refractivity contribution in [3.8, 4) is 28.7 Å². The monoisotopic (exact) mass is 400 g/mol. The molecule has 8 nitrogen and oxygen atoms in total. The van der Waals surface area contributed by atoms with Crippen molar-refractivity contribution in [2.75, 3.05) is 14.2 Å². The van der Waals surface area contributed by atoms with E-state index in [0.717, 1.165) is 0 Å². The van der Waals surface area contributed by atoms with E-state index in [1.165, 1.54) is 44.6 Å². The number of carbonyl (C=O) groups excluding carboxylic acids is 1. The fourth-order valence-electron chi connectivity index (χ4n) is 3.78. The fourth-order valence-corrected chi connectivity index (χ4v) is 3.78. The van der Waals surface area contributed by atoms with Crippen molar-refractivity contribution in [1.82, 2.24) is 0 Å². The standard InChI is InChI=1S/C21H20O8/c1-26-16-7-10(3-5-12(16)22)20-18-14(24)9-15(25)19(18)21(29-20)28-11-4-6-13(23)17(8-11)27-2/h3-9,18-23,25H,1-2H3/t18-,19+,20-,21+/m0/s1. The molecule has 0 unspecified atom stereocenters. The van der Waals surface area contributed by atoms with Gasteiger partial charge in [-0.3, -0.25) is 4.79 Å². The molecule has 4 atom stereocenters. The Balaban J connectivity index is 1.66. The van der Waals surface area contributed by atoms with Gasteiger partial charge in [0.1, 0.15) is 11.5 Å². The molecule has 1 saturated heterocycles. The minimum absolute atomic E-state index is 0.0338. The van der Waals surface area contributed by atoms with Crippen molar-refractivity contribution < 1.29 is 39.1 Å². The van der Waals surface area contributed by atoms with Gasteiger partial charge in [-0.2, -0.15) is 0 Å². The molecule has 0 bridgehead atoms. The molecule has 152 valence electrons. The molecule has 0 radical (unpaired) electrons. The van der Waals surface area contributed by atoms with E-state index in [1.807, 2.05) is 0 Å². The van der Waals surface area contributed by atoms with E-state index < -0.39 is 24.2 Å². The topological polar surface area (TPSA) is 115 Å². The van der Waals surface area contributed by atoms with Crippen LogP contribution in [0.5, 0.6) is 28.7 Å². The molecule has 29 heavy (non-hydrogen) atoms. The molecule has 0 amide bonds. The molecule has 0 spiro atoms. The van der Waals surface area contributed by atoms with E-state index >= 15 is 0 Å². The highest BCUT2D eigenvalue weighted by Crippen LogP contribution is 2.50. The Labute approximate surface area is 166 Å². The van der Waals surface area contributed by atoms with Crippen LogP contribution >= 0.6 is 0 Å². The Morgan fingerprint density at radius 2 is 1.55 bits per heavy atom. The summed E-state index contributed by atoms with van der Waals surface area (Å²) in [6.07, 6.45) is -0.454. The summed E-state index contributed by atoms with van der Waals surface area (Å²) in [5.41, 5.74) is 0.612. The number of ketones is 1. The number of hydrogen-bond acceptors (Lipinski definition) is 8. The number of aliphatic hydroxyl groups is 1. The van der Waals surface area contributed by atoms with Crippen LogP contribution in [0.15, 0.2) is 48.2 Å². The number of fused-ring (bicyclic) bond motifs is 1. The van der Waals surface area contributed by atoms with Crippen LogP contribution in [-0.4, -0.2) is 41.6 Å². The van der Waals surface area contributed by atoms with Crippen LogP contribution in [0.2, 0.25) is 0 Å². The van der Waals surface area contributed by atoms with E-state index in [4.69, 9.17) is 18.9 Å². The summed E-state index contributed by atoms with van der Waals surface area (Å²) in [5.74, 6) is -0.994. The van der Waals surface area contributed by atoms with Crippen LogP contribution in [0.1, 0.15) is 11.7 Å². The minimum Gasteiger partial charge on any atom is -0.512 e. The lowest BCUT2D eigenvalue weighted by Crippen LogP contribution is -2.26. The zero-order valence-corrected chi connectivity index (χ0v) is 15.7. The third-order valence-electron chi connectivity index (χ3n) is 5.18. The number of methoxy groups -OCH3 is 2. The third kappa shape index (κ3) is 3.21. The van der Waals surface area contributed by atoms with Crippen LogP contribution in [0.3, 0.4) is 0 Å². The molecule has 2 aliphatic rings. The molecule has 8 heteroatoms. The van der Waals surface area contributed by atoms with Crippen LogP contribution < -0.4 is 14.2 Å². The Morgan fingerprint density at radius 3 is 2.24 bits per heavy atom. The van der Waals surface area contributed by atoms with Gasteiger partial charge in [0.25, 0.3) is 0 Å². The molecule has 0 aromatic heterocycles. The van der Waals surface area contributed by atoms with Gasteiger partial charge in [0.05, 0.1) is 32.2 Å². The van der Waals surface area contributed by atoms with Gasteiger partial charge >= 0.3 is 0 Å². The van der Waals surface area contributed by atoms with Crippen LogP contribution in [0, 0.1) is 11.8 Å². The number of hydrogen-bond donors (Lipinski definition) is 3. The maximum atomic E-state index is 12.5. The molecule has 1 heterocycles. The fraction of sp³-hybridized carbons (Fsp3) is 0.286. The predicted molar refractivity (Wildman–Crippen MR) is 100 cm³/mol.